The third-order valence-electron chi connectivity index (χ3n) is 6.94. The fourth-order valence-electron chi connectivity index (χ4n) is 5.14. The molecule has 184 valence electrons. The van der Waals surface area contributed by atoms with Gasteiger partial charge in [-0.05, 0) is 29.9 Å². The summed E-state index contributed by atoms with van der Waals surface area (Å²) in [6, 6.07) is 19.8. The van der Waals surface area contributed by atoms with E-state index in [9.17, 15) is 14.7 Å². The van der Waals surface area contributed by atoms with Crippen molar-refractivity contribution in [2.75, 3.05) is 13.1 Å². The van der Waals surface area contributed by atoms with E-state index in [-0.39, 0.29) is 29.3 Å². The lowest BCUT2D eigenvalue weighted by molar-refractivity contribution is 0.0783. The van der Waals surface area contributed by atoms with Crippen LogP contribution in [0.5, 0.6) is 5.88 Å². The van der Waals surface area contributed by atoms with Gasteiger partial charge in [-0.1, -0.05) is 87.9 Å². The number of likely N-dealkylation sites (tertiary alicyclic amines) is 1. The highest BCUT2D eigenvalue weighted by molar-refractivity contribution is 5.96. The van der Waals surface area contributed by atoms with Gasteiger partial charge in [0.15, 0.2) is 5.56 Å². The second-order valence-corrected chi connectivity index (χ2v) is 9.75. The molecule has 1 aliphatic heterocycles. The fraction of sp³-hybridized carbons (Fsp3) is 0.414. The molecule has 0 bridgehead atoms. The Kier molecular flexibility index (Phi) is 7.69. The van der Waals surface area contributed by atoms with Crippen molar-refractivity contribution in [1.82, 2.24) is 14.5 Å². The van der Waals surface area contributed by atoms with Crippen molar-refractivity contribution in [3.63, 3.8) is 0 Å². The van der Waals surface area contributed by atoms with Crippen LogP contribution in [0, 0.1) is 5.92 Å². The lowest BCUT2D eigenvalue weighted by atomic mass is 9.95. The standard InChI is InChI=1S/C29H35N3O3/c1-4-5-16-24-30-27(33)25(28(34)31-18-17-23(19-31)21-12-8-6-9-13-21)29(35)32(24)26(20(2)3)22-14-10-7-11-15-22/h6-15,20,23,26,35H,4-5,16-19H2,1-3H3/t23-,26?/m1/s1. The van der Waals surface area contributed by atoms with Crippen molar-refractivity contribution >= 4 is 5.91 Å². The monoisotopic (exact) mass is 473 g/mol. The van der Waals surface area contributed by atoms with Crippen molar-refractivity contribution in [1.29, 1.82) is 0 Å². The van der Waals surface area contributed by atoms with Crippen LogP contribution in [-0.2, 0) is 6.42 Å². The van der Waals surface area contributed by atoms with Crippen LogP contribution in [0.1, 0.15) is 79.3 Å². The van der Waals surface area contributed by atoms with Crippen LogP contribution in [0.15, 0.2) is 65.5 Å². The van der Waals surface area contributed by atoms with E-state index in [4.69, 9.17) is 0 Å². The molecule has 0 saturated carbocycles. The molecule has 4 rings (SSSR count). The first-order valence-electron chi connectivity index (χ1n) is 12.7. The zero-order valence-electron chi connectivity index (χ0n) is 20.9. The van der Waals surface area contributed by atoms with E-state index in [0.717, 1.165) is 24.8 Å². The minimum atomic E-state index is -0.645. The fourth-order valence-corrected chi connectivity index (χ4v) is 5.14. The molecule has 0 radical (unpaired) electrons. The first-order chi connectivity index (χ1) is 16.9. The SMILES string of the molecule is CCCCc1nc(=O)c(C(=O)N2CC[C@@H](c3ccccc3)C2)c(O)n1C(c1ccccc1)C(C)C. The molecular formula is C29H35N3O3. The normalized spacial score (nSPS) is 16.6. The summed E-state index contributed by atoms with van der Waals surface area (Å²) >= 11 is 0. The highest BCUT2D eigenvalue weighted by atomic mass is 16.3. The van der Waals surface area contributed by atoms with Gasteiger partial charge in [0.2, 0.25) is 5.88 Å². The van der Waals surface area contributed by atoms with Gasteiger partial charge in [0, 0.05) is 25.4 Å². The number of carbonyl (C=O) groups is 1. The molecule has 6 nitrogen and oxygen atoms in total. The number of rotatable bonds is 8. The summed E-state index contributed by atoms with van der Waals surface area (Å²) in [6.45, 7) is 7.29. The number of amides is 1. The molecule has 1 unspecified atom stereocenters. The van der Waals surface area contributed by atoms with Crippen molar-refractivity contribution < 1.29 is 9.90 Å². The van der Waals surface area contributed by atoms with E-state index in [1.165, 1.54) is 5.56 Å². The molecule has 1 aliphatic rings. The largest absolute Gasteiger partial charge is 0.494 e. The number of carbonyl (C=O) groups excluding carboxylic acids is 1. The maximum absolute atomic E-state index is 13.6. The Morgan fingerprint density at radius 3 is 2.37 bits per heavy atom. The van der Waals surface area contributed by atoms with Crippen LogP contribution in [0.3, 0.4) is 0 Å². The van der Waals surface area contributed by atoms with Crippen LogP contribution in [0.25, 0.3) is 0 Å². The first kappa shape index (κ1) is 24.7. The Labute approximate surface area is 207 Å². The molecule has 1 N–H and O–H groups in total. The van der Waals surface area contributed by atoms with E-state index in [0.29, 0.717) is 25.3 Å². The summed E-state index contributed by atoms with van der Waals surface area (Å²) in [4.78, 5) is 32.8. The summed E-state index contributed by atoms with van der Waals surface area (Å²) in [5.74, 6) is 0.132. The lowest BCUT2D eigenvalue weighted by Crippen LogP contribution is -2.36. The van der Waals surface area contributed by atoms with Crippen molar-refractivity contribution in [2.45, 2.75) is 58.4 Å². The molecule has 2 aromatic carbocycles. The van der Waals surface area contributed by atoms with E-state index in [1.54, 1.807) is 9.47 Å². The van der Waals surface area contributed by atoms with Crippen LogP contribution < -0.4 is 5.56 Å². The van der Waals surface area contributed by atoms with Gasteiger partial charge in [-0.25, -0.2) is 0 Å². The zero-order chi connectivity index (χ0) is 24.9. The highest BCUT2D eigenvalue weighted by Gasteiger charge is 2.34. The van der Waals surface area contributed by atoms with Crippen LogP contribution in [0.2, 0.25) is 0 Å². The van der Waals surface area contributed by atoms with Crippen LogP contribution in [0.4, 0.5) is 0 Å². The number of hydrogen-bond acceptors (Lipinski definition) is 4. The molecule has 1 aromatic heterocycles. The topological polar surface area (TPSA) is 75.4 Å². The summed E-state index contributed by atoms with van der Waals surface area (Å²) < 4.78 is 1.73. The molecule has 1 fully saturated rings. The number of aromatic hydroxyl groups is 1. The van der Waals surface area contributed by atoms with Gasteiger partial charge in [0.05, 0.1) is 6.04 Å². The Balaban J connectivity index is 1.76. The number of aromatic nitrogens is 2. The summed E-state index contributed by atoms with van der Waals surface area (Å²) in [7, 11) is 0. The molecular weight excluding hydrogens is 438 g/mol. The van der Waals surface area contributed by atoms with E-state index >= 15 is 0 Å². The number of hydrogen-bond donors (Lipinski definition) is 1. The van der Waals surface area contributed by atoms with Crippen LogP contribution in [-0.4, -0.2) is 38.6 Å². The molecule has 3 aromatic rings. The molecule has 0 aliphatic carbocycles. The van der Waals surface area contributed by atoms with Gasteiger partial charge in [-0.2, -0.15) is 4.98 Å². The minimum Gasteiger partial charge on any atom is -0.494 e. The summed E-state index contributed by atoms with van der Waals surface area (Å²) in [5, 5.41) is 11.5. The quantitative estimate of drug-likeness (QED) is 0.490. The Hall–Kier alpha value is -3.41. The Morgan fingerprint density at radius 2 is 1.74 bits per heavy atom. The Bertz CT molecular complexity index is 1210. The average molecular weight is 474 g/mol. The summed E-state index contributed by atoms with van der Waals surface area (Å²) in [6.07, 6.45) is 3.16. The van der Waals surface area contributed by atoms with Crippen molar-refractivity contribution in [3.8, 4) is 5.88 Å². The number of nitrogens with zero attached hydrogens (tertiary/aromatic N) is 3. The zero-order valence-corrected chi connectivity index (χ0v) is 20.9. The van der Waals surface area contributed by atoms with Gasteiger partial charge >= 0.3 is 0 Å². The average Bonchev–Trinajstić information content (AvgIpc) is 3.36. The van der Waals surface area contributed by atoms with Gasteiger partial charge < -0.3 is 10.0 Å². The van der Waals surface area contributed by atoms with E-state index in [2.05, 4.69) is 37.9 Å². The van der Waals surface area contributed by atoms with Gasteiger partial charge in [0.1, 0.15) is 5.82 Å². The van der Waals surface area contributed by atoms with E-state index in [1.807, 2.05) is 48.5 Å². The van der Waals surface area contributed by atoms with Gasteiger partial charge in [0.25, 0.3) is 11.5 Å². The maximum Gasteiger partial charge on any atom is 0.289 e. The molecule has 1 saturated heterocycles. The van der Waals surface area contributed by atoms with Crippen LogP contribution >= 0.6 is 0 Å². The Morgan fingerprint density at radius 1 is 1.09 bits per heavy atom. The molecule has 6 heteroatoms. The molecule has 0 spiro atoms. The molecule has 35 heavy (non-hydrogen) atoms. The third kappa shape index (κ3) is 5.16. The van der Waals surface area contributed by atoms with E-state index < -0.39 is 11.5 Å². The van der Waals surface area contributed by atoms with Gasteiger partial charge in [-0.15, -0.1) is 0 Å². The minimum absolute atomic E-state index is 0.102. The third-order valence-corrected chi connectivity index (χ3v) is 6.94. The highest BCUT2D eigenvalue weighted by Crippen LogP contribution is 2.34. The second kappa shape index (κ2) is 10.9. The van der Waals surface area contributed by atoms with Crippen molar-refractivity contribution in [3.05, 3.63) is 93.5 Å². The van der Waals surface area contributed by atoms with Gasteiger partial charge in [-0.3, -0.25) is 14.2 Å². The lowest BCUT2D eigenvalue weighted by Gasteiger charge is -2.29. The second-order valence-electron chi connectivity index (χ2n) is 9.75. The maximum atomic E-state index is 13.6. The van der Waals surface area contributed by atoms with Crippen molar-refractivity contribution in [2.24, 2.45) is 5.92 Å². The molecule has 1 amide bonds. The molecule has 2 heterocycles. The number of benzene rings is 2. The first-order valence-corrected chi connectivity index (χ1v) is 12.7. The molecule has 2 atom stereocenters. The predicted octanol–water partition coefficient (Wildman–Crippen LogP) is 5.17. The smallest absolute Gasteiger partial charge is 0.289 e. The number of aryl methyl sites for hydroxylation is 1. The number of unbranched alkanes of at least 4 members (excludes halogenated alkanes) is 1. The summed E-state index contributed by atoms with van der Waals surface area (Å²) in [5.41, 5.74) is 1.32. The predicted molar refractivity (Wildman–Crippen MR) is 138 cm³/mol.